The van der Waals surface area contributed by atoms with Crippen molar-refractivity contribution in [2.24, 2.45) is 9.54 Å². The molecular weight excluding hydrogens is 1070 g/mol. The molecule has 0 fully saturated rings. The van der Waals surface area contributed by atoms with E-state index in [1.165, 1.54) is 18.5 Å². The molecule has 3 radical (unpaired) electrons. The zero-order valence-corrected chi connectivity index (χ0v) is 52.3. The number of hydrogen-bond acceptors (Lipinski definition) is 10. The number of carbonyl (C=O) groups is 2. The van der Waals surface area contributed by atoms with Gasteiger partial charge in [-0.15, -0.1) is 0 Å². The molecule has 0 aromatic carbocycles. The van der Waals surface area contributed by atoms with Crippen LogP contribution < -0.4 is 178 Å². The molecule has 0 aliphatic heterocycles. The summed E-state index contributed by atoms with van der Waals surface area (Å²) >= 11 is 17.1. The summed E-state index contributed by atoms with van der Waals surface area (Å²) in [7, 11) is -3.27. The molecular formula is C32H47BCl3Cs2N5NaO7S3. The number of nitrogens with two attached hydrogens (primary N) is 1. The first kappa shape index (κ1) is 68.4. The van der Waals surface area contributed by atoms with Gasteiger partial charge in [0, 0.05) is 75.5 Å². The number of pyridine rings is 3. The molecule has 0 spiro atoms. The van der Waals surface area contributed by atoms with Crippen LogP contribution in [0.15, 0.2) is 59.4 Å². The fourth-order valence-corrected chi connectivity index (χ4v) is 4.37. The molecule has 3 atom stereocenters. The number of aryl methyl sites for hydroxylation is 1. The van der Waals surface area contributed by atoms with E-state index in [0.29, 0.717) is 44.9 Å². The number of aldehydes is 1. The van der Waals surface area contributed by atoms with Crippen LogP contribution in [0.1, 0.15) is 87.0 Å². The van der Waals surface area contributed by atoms with E-state index < -0.39 is 32.8 Å². The summed E-state index contributed by atoms with van der Waals surface area (Å²) in [6.07, 6.45) is 7.61. The molecule has 54 heavy (non-hydrogen) atoms. The predicted octanol–water partition coefficient (Wildman–Crippen LogP) is -3.31. The molecule has 2 N–H and O–H groups in total. The fourth-order valence-electron chi connectivity index (χ4n) is 2.33. The summed E-state index contributed by atoms with van der Waals surface area (Å²) in [4.78, 5) is 33.2. The molecule has 3 aromatic rings. The standard InChI is InChI=1S/C11H16ClNOS.C10H13ClN2OS.C6H4ClNO.C4H11NOS.CH2O3.B.2Cs.Na.2H/c1-11(2,3)15(14)7-5-10-8-9(12)4-6-13-10;1-10(2,3)15(14)13-7-9-6-8(11)4-5-12-9;7-5-1-2-8-6(3-5)4-9;1-4(2,3)7(5)6;2-1-4-3;;;;;;/h4,6,8H,5,7H2,1-3H3;4-7H,1-3H3;1-4H;5H2,1-3H3;1,3H;;;;;;/q;;;;;;3*+1;2*-1/p-1/t2*15-;;7-;;;;;;;/m10.0......./s1. The topological polar surface area (TPSA) is 195 Å². The van der Waals surface area contributed by atoms with Gasteiger partial charge in [0.05, 0.1) is 32.4 Å². The van der Waals surface area contributed by atoms with Gasteiger partial charge in [-0.25, -0.2) is 8.42 Å². The monoisotopic (exact) mass is 1110 g/mol. The van der Waals surface area contributed by atoms with E-state index in [-0.39, 0.29) is 199 Å². The van der Waals surface area contributed by atoms with Gasteiger partial charge in [0.1, 0.15) is 16.7 Å². The van der Waals surface area contributed by atoms with Crippen molar-refractivity contribution in [3.8, 4) is 0 Å². The third-order valence-corrected chi connectivity index (χ3v) is 10.3. The van der Waals surface area contributed by atoms with E-state index in [9.17, 15) is 17.4 Å². The van der Waals surface area contributed by atoms with Crippen LogP contribution in [0.4, 0.5) is 0 Å². The van der Waals surface area contributed by atoms with Crippen LogP contribution in [-0.4, -0.2) is 75.0 Å². The molecule has 12 nitrogen and oxygen atoms in total. The van der Waals surface area contributed by atoms with Gasteiger partial charge in [-0.3, -0.25) is 33.9 Å². The Kier molecular flexibility index (Phi) is 47.4. The molecule has 3 aromatic heterocycles. The van der Waals surface area contributed by atoms with Crippen molar-refractivity contribution in [2.75, 3.05) is 5.75 Å². The predicted molar refractivity (Wildman–Crippen MR) is 212 cm³/mol. The smallest absolute Gasteiger partial charge is 1.00 e. The average molecular weight is 1120 g/mol. The summed E-state index contributed by atoms with van der Waals surface area (Å²) in [6.45, 7) is 16.9. The number of carbonyl (C=O) groups excluding carboxylic acids is 2. The first-order chi connectivity index (χ1) is 23.0. The summed E-state index contributed by atoms with van der Waals surface area (Å²) in [5.41, 5.74) is 1.88. The molecule has 0 saturated heterocycles. The minimum absolute atomic E-state index is 0. The molecule has 0 bridgehead atoms. The number of nitrogens with zero attached hydrogens (tertiary/aromatic N) is 4. The van der Waals surface area contributed by atoms with E-state index in [1.807, 2.05) is 68.4 Å². The molecule has 0 aliphatic rings. The maximum absolute atomic E-state index is 11.8. The average Bonchev–Trinajstić information content (AvgIpc) is 3.02. The first-order valence-corrected chi connectivity index (χ1v) is 19.3. The van der Waals surface area contributed by atoms with E-state index in [2.05, 4.69) is 24.2 Å². The number of rotatable bonds is 7. The zero-order chi connectivity index (χ0) is 39.1. The van der Waals surface area contributed by atoms with Crippen molar-refractivity contribution in [3.05, 3.63) is 87.1 Å². The molecule has 22 heteroatoms. The third kappa shape index (κ3) is 38.8. The Bertz CT molecular complexity index is 1600. The molecule has 3 rings (SSSR count). The van der Waals surface area contributed by atoms with Gasteiger partial charge in [-0.1, -0.05) is 34.8 Å². The van der Waals surface area contributed by atoms with E-state index in [1.54, 1.807) is 36.7 Å². The Morgan fingerprint density at radius 3 is 1.48 bits per heavy atom. The van der Waals surface area contributed by atoms with Crippen LogP contribution in [0.3, 0.4) is 0 Å². The normalized spacial score (nSPS) is 11.9. The van der Waals surface area contributed by atoms with Gasteiger partial charge < -0.3 is 13.0 Å². The third-order valence-electron chi connectivity index (χ3n) is 5.06. The SMILES string of the molecule is CC(C)(C)[S@@](N)=O.CC(C)(C)[S@](=O)CCc1cc(Cl)ccn1.CC(C)(C)[S@](=O)N=Cc1cc(Cl)ccn1.O=CO[O-].O=Cc1cc(Cl)ccn1.[B].[Cs+].[Cs+].[H-].[H-].[Na+]. The van der Waals surface area contributed by atoms with Crippen LogP contribution in [0.5, 0.6) is 0 Å². The van der Waals surface area contributed by atoms with Gasteiger partial charge >= 0.3 is 167 Å². The molecule has 0 aliphatic carbocycles. The molecule has 3 heterocycles. The Morgan fingerprint density at radius 2 is 1.17 bits per heavy atom. The van der Waals surface area contributed by atoms with Crippen molar-refractivity contribution >= 4 is 95.0 Å². The van der Waals surface area contributed by atoms with Crippen molar-refractivity contribution in [1.82, 2.24) is 15.0 Å². The van der Waals surface area contributed by atoms with Crippen molar-refractivity contribution in [3.63, 3.8) is 0 Å². The Hall–Kier alpha value is 2.67. The number of aromatic nitrogens is 3. The largest absolute Gasteiger partial charge is 1.00 e. The van der Waals surface area contributed by atoms with Gasteiger partial charge in [0.25, 0.3) is 6.47 Å². The number of halogens is 3. The van der Waals surface area contributed by atoms with Gasteiger partial charge in [-0.2, -0.15) is 4.40 Å². The van der Waals surface area contributed by atoms with Crippen LogP contribution in [0.2, 0.25) is 15.1 Å². The maximum atomic E-state index is 11.8. The molecule has 0 unspecified atom stereocenters. The minimum atomic E-state index is -1.26. The fraction of sp³-hybridized carbons (Fsp3) is 0.438. The second-order valence-electron chi connectivity index (χ2n) is 12.5. The second-order valence-corrected chi connectivity index (χ2v) is 19.9. The summed E-state index contributed by atoms with van der Waals surface area (Å²) in [6, 6.07) is 10.0. The molecule has 0 saturated carbocycles. The second kappa shape index (κ2) is 37.4. The van der Waals surface area contributed by atoms with Crippen molar-refractivity contribution in [2.45, 2.75) is 83.0 Å². The van der Waals surface area contributed by atoms with Gasteiger partial charge in [0.2, 0.25) is 0 Å². The maximum Gasteiger partial charge on any atom is 1.00 e. The molecule has 287 valence electrons. The zero-order valence-electron chi connectivity index (χ0n) is 35.0. The quantitative estimate of drug-likeness (QED) is 0.0824. The van der Waals surface area contributed by atoms with E-state index in [4.69, 9.17) is 50.0 Å². The van der Waals surface area contributed by atoms with E-state index in [0.717, 1.165) is 5.69 Å². The van der Waals surface area contributed by atoms with Crippen LogP contribution >= 0.6 is 34.8 Å². The minimum Gasteiger partial charge on any atom is -1.00 e. The first-order valence-electron chi connectivity index (χ1n) is 14.5. The Morgan fingerprint density at radius 1 is 0.778 bits per heavy atom. The number of hydrogen-bond donors (Lipinski definition) is 1. The summed E-state index contributed by atoms with van der Waals surface area (Å²) in [5, 5.41) is 15.3. The summed E-state index contributed by atoms with van der Waals surface area (Å²) < 4.78 is 36.9. The Balaban J connectivity index is -0.0000000883. The van der Waals surface area contributed by atoms with Gasteiger partial charge in [-0.05, 0) is 98.7 Å². The van der Waals surface area contributed by atoms with Crippen molar-refractivity contribution in [1.29, 1.82) is 0 Å². The van der Waals surface area contributed by atoms with Crippen LogP contribution in [-0.2, 0) is 48.9 Å². The van der Waals surface area contributed by atoms with Crippen LogP contribution in [0, 0.1) is 0 Å². The van der Waals surface area contributed by atoms with Crippen molar-refractivity contribution < 1.29 is 203 Å². The van der Waals surface area contributed by atoms with Gasteiger partial charge in [0.15, 0.2) is 6.29 Å². The Labute approximate surface area is 487 Å². The van der Waals surface area contributed by atoms with E-state index >= 15 is 0 Å². The van der Waals surface area contributed by atoms with Crippen LogP contribution in [0.25, 0.3) is 0 Å². The summed E-state index contributed by atoms with van der Waals surface area (Å²) in [5.74, 6) is 0.636. The molecule has 0 amide bonds.